The van der Waals surface area contributed by atoms with Crippen molar-refractivity contribution in [3.05, 3.63) is 215 Å². The number of rotatable bonds is 7. The number of hydrogen-bond donors (Lipinski definition) is 0. The van der Waals surface area contributed by atoms with E-state index in [4.69, 9.17) is 4.74 Å². The van der Waals surface area contributed by atoms with Gasteiger partial charge in [-0.25, -0.2) is 0 Å². The molecule has 11 rings (SSSR count). The summed E-state index contributed by atoms with van der Waals surface area (Å²) < 4.78 is 6.89. The molecule has 0 saturated carbocycles. The van der Waals surface area contributed by atoms with Crippen LogP contribution in [0.15, 0.2) is 182 Å². The van der Waals surface area contributed by atoms with Crippen LogP contribution >= 0.6 is 0 Å². The second kappa shape index (κ2) is 16.1. The second-order valence-electron chi connectivity index (χ2n) is 17.6. The number of anilines is 3. The van der Waals surface area contributed by atoms with Gasteiger partial charge < -0.3 is 9.64 Å². The molecule has 1 aliphatic heterocycles. The molecule has 0 spiro atoms. The molecular weight excluding hydrogens is 773 g/mol. The van der Waals surface area contributed by atoms with E-state index in [-0.39, 0.29) is 14.1 Å². The summed E-state index contributed by atoms with van der Waals surface area (Å²) in [5.74, 6) is 1.74. The van der Waals surface area contributed by atoms with Gasteiger partial charge in [0.15, 0.2) is 0 Å². The number of para-hydroxylation sites is 2. The van der Waals surface area contributed by atoms with Gasteiger partial charge in [-0.05, 0) is 140 Å². The summed E-state index contributed by atoms with van der Waals surface area (Å²) in [6, 6.07) is 66.9. The SMILES string of the molecule is C.Cc1cc(C)c(B(c2ccc(-c3cc4c5cccc6c5c(cc4c4ccccc34)-c3ccc(N(c4ccccc4)c4ccccc4)cc3O6)cc2)c2c(C)cc(C)cc2C)c(C)c1. The van der Waals surface area contributed by atoms with Gasteiger partial charge in [0.1, 0.15) is 11.5 Å². The Morgan fingerprint density at radius 3 is 1.48 bits per heavy atom. The van der Waals surface area contributed by atoms with Crippen molar-refractivity contribution in [3.8, 4) is 33.8 Å². The molecule has 10 aromatic rings. The molecule has 0 atom stereocenters. The number of ether oxygens (including phenoxy) is 1. The summed E-state index contributed by atoms with van der Waals surface area (Å²) in [6.07, 6.45) is 0. The van der Waals surface area contributed by atoms with E-state index in [0.29, 0.717) is 0 Å². The minimum Gasteiger partial charge on any atom is -0.456 e. The van der Waals surface area contributed by atoms with E-state index in [1.54, 1.807) is 0 Å². The first kappa shape index (κ1) is 40.7. The average Bonchev–Trinajstić information content (AvgIpc) is 3.28. The molecule has 0 unspecified atom stereocenters. The maximum Gasteiger partial charge on any atom is 0.242 e. The van der Waals surface area contributed by atoms with Crippen molar-refractivity contribution in [1.82, 2.24) is 0 Å². The van der Waals surface area contributed by atoms with E-state index in [9.17, 15) is 0 Å². The van der Waals surface area contributed by atoms with Crippen molar-refractivity contribution in [2.24, 2.45) is 0 Å². The molecule has 2 nitrogen and oxygen atoms in total. The van der Waals surface area contributed by atoms with Gasteiger partial charge in [0.05, 0.1) is 0 Å². The lowest BCUT2D eigenvalue weighted by Crippen LogP contribution is -2.55. The van der Waals surface area contributed by atoms with Crippen molar-refractivity contribution in [3.63, 3.8) is 0 Å². The molecule has 310 valence electrons. The summed E-state index contributed by atoms with van der Waals surface area (Å²) in [5, 5.41) is 7.32. The monoisotopic (exact) mass is 825 g/mol. The van der Waals surface area contributed by atoms with Crippen molar-refractivity contribution in [1.29, 1.82) is 0 Å². The Balaban J connectivity index is 0.00000484. The van der Waals surface area contributed by atoms with Crippen LogP contribution in [-0.2, 0) is 0 Å². The molecule has 1 aliphatic rings. The molecule has 1 heterocycles. The van der Waals surface area contributed by atoms with Gasteiger partial charge in [0.25, 0.3) is 0 Å². The van der Waals surface area contributed by atoms with Crippen LogP contribution in [0.3, 0.4) is 0 Å². The van der Waals surface area contributed by atoms with Crippen LogP contribution in [-0.4, -0.2) is 6.71 Å². The first-order valence-corrected chi connectivity index (χ1v) is 22.1. The highest BCUT2D eigenvalue weighted by Gasteiger charge is 2.29. The van der Waals surface area contributed by atoms with E-state index >= 15 is 0 Å². The van der Waals surface area contributed by atoms with Crippen molar-refractivity contribution in [2.45, 2.75) is 49.0 Å². The van der Waals surface area contributed by atoms with Gasteiger partial charge in [0.2, 0.25) is 6.71 Å². The highest BCUT2D eigenvalue weighted by molar-refractivity contribution is 6.96. The van der Waals surface area contributed by atoms with Crippen LogP contribution in [0, 0.1) is 41.5 Å². The van der Waals surface area contributed by atoms with Gasteiger partial charge in [-0.2, -0.15) is 0 Å². The molecule has 0 amide bonds. The average molecular weight is 826 g/mol. The highest BCUT2D eigenvalue weighted by atomic mass is 16.5. The Bertz CT molecular complexity index is 3280. The Kier molecular flexibility index (Phi) is 10.2. The molecule has 0 fully saturated rings. The molecule has 0 aromatic heterocycles. The Labute approximate surface area is 378 Å². The lowest BCUT2D eigenvalue weighted by molar-refractivity contribution is 0.487. The first-order valence-electron chi connectivity index (χ1n) is 22.1. The molecule has 64 heavy (non-hydrogen) atoms. The summed E-state index contributed by atoms with van der Waals surface area (Å²) in [5.41, 5.74) is 20.1. The third-order valence-corrected chi connectivity index (χ3v) is 13.3. The van der Waals surface area contributed by atoms with E-state index in [0.717, 1.165) is 39.5 Å². The number of fused-ring (bicyclic) bond motifs is 6. The number of benzene rings is 10. The maximum absolute atomic E-state index is 6.89. The largest absolute Gasteiger partial charge is 0.456 e. The van der Waals surface area contributed by atoms with E-state index in [1.807, 2.05) is 0 Å². The second-order valence-corrected chi connectivity index (χ2v) is 17.6. The van der Waals surface area contributed by atoms with Crippen LogP contribution in [0.1, 0.15) is 40.8 Å². The number of aryl methyl sites for hydroxylation is 6. The summed E-state index contributed by atoms with van der Waals surface area (Å²) in [7, 11) is 0. The predicted octanol–water partition coefficient (Wildman–Crippen LogP) is 15.1. The minimum absolute atomic E-state index is 0. The fourth-order valence-electron chi connectivity index (χ4n) is 10.9. The van der Waals surface area contributed by atoms with E-state index < -0.39 is 0 Å². The predicted molar refractivity (Wildman–Crippen MR) is 277 cm³/mol. The quantitative estimate of drug-likeness (QED) is 0.117. The summed E-state index contributed by atoms with van der Waals surface area (Å²) in [4.78, 5) is 2.29. The Hall–Kier alpha value is -7.36. The fraction of sp³-hybridized carbons (Fsp3) is 0.115. The number of hydrogen-bond acceptors (Lipinski definition) is 2. The lowest BCUT2D eigenvalue weighted by atomic mass is 9.34. The molecule has 0 radical (unpaired) electrons. The Morgan fingerprint density at radius 1 is 0.375 bits per heavy atom. The molecule has 10 aromatic carbocycles. The maximum atomic E-state index is 6.89. The topological polar surface area (TPSA) is 12.5 Å². The lowest BCUT2D eigenvalue weighted by Gasteiger charge is -2.28. The smallest absolute Gasteiger partial charge is 0.242 e. The molecule has 0 aliphatic carbocycles. The van der Waals surface area contributed by atoms with E-state index in [1.165, 1.54) is 93.4 Å². The zero-order chi connectivity index (χ0) is 42.9. The van der Waals surface area contributed by atoms with Gasteiger partial charge in [-0.3, -0.25) is 0 Å². The number of nitrogens with zero attached hydrogens (tertiary/aromatic N) is 1. The first-order chi connectivity index (χ1) is 30.7. The van der Waals surface area contributed by atoms with Crippen molar-refractivity contribution < 1.29 is 4.74 Å². The standard InChI is InChI=1S/C60H48BNO.CH4/c1-37-30-39(3)59(40(4)31-37)61(60-41(5)32-38(2)33-42(60)6)44-26-24-43(25-27-44)52-35-54-51-22-15-23-56-58(51)55(36-53(54)49-21-14-13-20-48(49)52)50-29-28-47(34-57(50)63-56)62(45-16-9-7-10-17-45)46-18-11-8-12-19-46;/h7-36H,1-6H3;1H4. The third kappa shape index (κ3) is 6.75. The van der Waals surface area contributed by atoms with Gasteiger partial charge in [-0.1, -0.05) is 179 Å². The molecule has 0 N–H and O–H groups in total. The van der Waals surface area contributed by atoms with Crippen LogP contribution in [0.25, 0.3) is 54.6 Å². The zero-order valence-electron chi connectivity index (χ0n) is 36.8. The molecular formula is C61H52BNO. The molecule has 3 heteroatoms. The van der Waals surface area contributed by atoms with Crippen LogP contribution in [0.5, 0.6) is 11.5 Å². The minimum atomic E-state index is 0. The van der Waals surface area contributed by atoms with Crippen molar-refractivity contribution in [2.75, 3.05) is 4.90 Å². The zero-order valence-corrected chi connectivity index (χ0v) is 36.8. The van der Waals surface area contributed by atoms with Gasteiger partial charge >= 0.3 is 0 Å². The van der Waals surface area contributed by atoms with Crippen LogP contribution in [0.4, 0.5) is 17.1 Å². The van der Waals surface area contributed by atoms with Crippen LogP contribution in [0.2, 0.25) is 0 Å². The van der Waals surface area contributed by atoms with Crippen LogP contribution < -0.4 is 26.0 Å². The van der Waals surface area contributed by atoms with Gasteiger partial charge in [-0.15, -0.1) is 0 Å². The molecule has 0 bridgehead atoms. The summed E-state index contributed by atoms with van der Waals surface area (Å²) in [6.45, 7) is 13.7. The highest BCUT2D eigenvalue weighted by Crippen LogP contribution is 2.52. The van der Waals surface area contributed by atoms with Crippen molar-refractivity contribution >= 4 is 72.5 Å². The molecule has 0 saturated heterocycles. The normalized spacial score (nSPS) is 11.6. The third-order valence-electron chi connectivity index (χ3n) is 13.3. The fourth-order valence-corrected chi connectivity index (χ4v) is 10.9. The van der Waals surface area contributed by atoms with E-state index in [2.05, 4.69) is 228 Å². The van der Waals surface area contributed by atoms with Gasteiger partial charge in [0, 0.05) is 34.1 Å². The summed E-state index contributed by atoms with van der Waals surface area (Å²) >= 11 is 0. The Morgan fingerprint density at radius 2 is 0.891 bits per heavy atom.